The smallest absolute Gasteiger partial charge is 0.417 e. The number of pyridine rings is 1. The first-order chi connectivity index (χ1) is 10.3. The van der Waals surface area contributed by atoms with Crippen molar-refractivity contribution in [1.29, 1.82) is 0 Å². The molecule has 108 valence electrons. The lowest BCUT2D eigenvalue weighted by Gasteiger charge is -2.11. The monoisotopic (exact) mass is 284 g/mol. The Hall–Kier alpha value is -2.56. The van der Waals surface area contributed by atoms with Crippen molar-refractivity contribution < 1.29 is 14.3 Å². The summed E-state index contributed by atoms with van der Waals surface area (Å²) in [4.78, 5) is 16.4. The Balaban J connectivity index is 1.76. The molecule has 0 atom stereocenters. The highest BCUT2D eigenvalue weighted by Crippen LogP contribution is 2.30. The lowest BCUT2D eigenvalue weighted by atomic mass is 10.2. The number of aromatic nitrogens is 1. The lowest BCUT2D eigenvalue weighted by molar-refractivity contribution is 0.215. The minimum Gasteiger partial charge on any atom is -0.480 e. The van der Waals surface area contributed by atoms with Crippen molar-refractivity contribution in [1.82, 2.24) is 4.98 Å². The molecule has 0 radical (unpaired) electrons. The van der Waals surface area contributed by atoms with Crippen LogP contribution in [0.15, 0.2) is 36.4 Å². The zero-order valence-corrected chi connectivity index (χ0v) is 11.8. The van der Waals surface area contributed by atoms with Gasteiger partial charge in [0.1, 0.15) is 11.4 Å². The van der Waals surface area contributed by atoms with Crippen LogP contribution in [0, 0.1) is 0 Å². The second-order valence-electron chi connectivity index (χ2n) is 4.83. The molecule has 0 fully saturated rings. The second kappa shape index (κ2) is 5.83. The molecule has 0 unspecified atom stereocenters. The molecular formula is C16H16N2O3. The van der Waals surface area contributed by atoms with Gasteiger partial charge in [-0.05, 0) is 43.0 Å². The maximum atomic E-state index is 11.9. The minimum absolute atomic E-state index is 0.417. The summed E-state index contributed by atoms with van der Waals surface area (Å²) in [6.45, 7) is 0. The molecule has 1 amide bonds. The molecule has 1 aliphatic rings. The highest BCUT2D eigenvalue weighted by atomic mass is 16.6. The summed E-state index contributed by atoms with van der Waals surface area (Å²) in [6, 6.07) is 10.8. The van der Waals surface area contributed by atoms with Crippen LogP contribution >= 0.6 is 0 Å². The number of rotatable bonds is 3. The number of nitrogens with one attached hydrogen (secondary N) is 1. The average Bonchev–Trinajstić information content (AvgIpc) is 2.94. The van der Waals surface area contributed by atoms with Crippen molar-refractivity contribution in [2.75, 3.05) is 12.4 Å². The largest absolute Gasteiger partial charge is 0.480 e. The number of hydrogen-bond donors (Lipinski definition) is 1. The Kier molecular flexibility index (Phi) is 3.73. The number of ether oxygens (including phenoxy) is 2. The average molecular weight is 284 g/mol. The Bertz CT molecular complexity index is 656. The van der Waals surface area contributed by atoms with Crippen LogP contribution in [-0.4, -0.2) is 18.2 Å². The third-order valence-electron chi connectivity index (χ3n) is 3.40. The number of nitrogens with zero attached hydrogens (tertiary/aromatic N) is 1. The summed E-state index contributed by atoms with van der Waals surface area (Å²) in [5.41, 5.74) is 2.75. The first kappa shape index (κ1) is 13.4. The van der Waals surface area contributed by atoms with Gasteiger partial charge in [-0.2, -0.15) is 0 Å². The first-order valence-corrected chi connectivity index (χ1v) is 6.87. The maximum Gasteiger partial charge on any atom is 0.417 e. The van der Waals surface area contributed by atoms with E-state index in [2.05, 4.69) is 10.3 Å². The molecule has 5 heteroatoms. The van der Waals surface area contributed by atoms with E-state index in [-0.39, 0.29) is 0 Å². The van der Waals surface area contributed by atoms with Gasteiger partial charge in [-0.3, -0.25) is 5.32 Å². The predicted octanol–water partition coefficient (Wildman–Crippen LogP) is 3.19. The molecule has 0 saturated carbocycles. The van der Waals surface area contributed by atoms with Crippen LogP contribution in [0.3, 0.4) is 0 Å². The Morgan fingerprint density at radius 2 is 2.05 bits per heavy atom. The highest BCUT2D eigenvalue weighted by molar-refractivity contribution is 5.88. The maximum absolute atomic E-state index is 11.9. The summed E-state index contributed by atoms with van der Waals surface area (Å²) in [5.74, 6) is 0.906. The van der Waals surface area contributed by atoms with Crippen LogP contribution in [0.2, 0.25) is 0 Å². The topological polar surface area (TPSA) is 60.5 Å². The van der Waals surface area contributed by atoms with Gasteiger partial charge in [0.25, 0.3) is 0 Å². The number of aryl methyl sites for hydroxylation is 2. The molecule has 1 aromatic heterocycles. The number of carbonyl (C=O) groups excluding carboxylic acids is 1. The number of para-hydroxylation sites is 1. The van der Waals surface area contributed by atoms with Crippen molar-refractivity contribution in [3.8, 4) is 11.6 Å². The SMILES string of the molecule is COc1nc2c(cc1NC(=O)Oc1ccccc1)CCC2. The van der Waals surface area contributed by atoms with Crippen molar-refractivity contribution in [3.05, 3.63) is 47.7 Å². The van der Waals surface area contributed by atoms with E-state index < -0.39 is 6.09 Å². The number of amides is 1. The van der Waals surface area contributed by atoms with Crippen LogP contribution in [0.1, 0.15) is 17.7 Å². The van der Waals surface area contributed by atoms with Crippen molar-refractivity contribution in [2.45, 2.75) is 19.3 Å². The van der Waals surface area contributed by atoms with Gasteiger partial charge in [-0.1, -0.05) is 18.2 Å². The quantitative estimate of drug-likeness (QED) is 0.940. The second-order valence-corrected chi connectivity index (χ2v) is 4.83. The van der Waals surface area contributed by atoms with Gasteiger partial charge in [0.05, 0.1) is 7.11 Å². The van der Waals surface area contributed by atoms with Crippen LogP contribution in [0.5, 0.6) is 11.6 Å². The van der Waals surface area contributed by atoms with E-state index in [1.165, 1.54) is 7.11 Å². The van der Waals surface area contributed by atoms with E-state index in [1.807, 2.05) is 12.1 Å². The summed E-state index contributed by atoms with van der Waals surface area (Å²) >= 11 is 0. The predicted molar refractivity (Wildman–Crippen MR) is 78.9 cm³/mol. The molecule has 1 N–H and O–H groups in total. The number of hydrogen-bond acceptors (Lipinski definition) is 4. The van der Waals surface area contributed by atoms with Crippen molar-refractivity contribution in [3.63, 3.8) is 0 Å². The number of carbonyl (C=O) groups is 1. The van der Waals surface area contributed by atoms with Gasteiger partial charge in [-0.25, -0.2) is 9.78 Å². The standard InChI is InChI=1S/C16H16N2O3/c1-20-15-14(10-11-6-5-9-13(11)17-15)18-16(19)21-12-7-3-2-4-8-12/h2-4,7-8,10H,5-6,9H2,1H3,(H,18,19). The number of benzene rings is 1. The van der Waals surface area contributed by atoms with E-state index in [4.69, 9.17) is 9.47 Å². The highest BCUT2D eigenvalue weighted by Gasteiger charge is 2.18. The summed E-state index contributed by atoms with van der Waals surface area (Å²) < 4.78 is 10.4. The third-order valence-corrected chi connectivity index (χ3v) is 3.40. The van der Waals surface area contributed by atoms with Crippen LogP contribution in [0.4, 0.5) is 10.5 Å². The Morgan fingerprint density at radius 3 is 2.81 bits per heavy atom. The molecule has 0 aliphatic heterocycles. The number of fused-ring (bicyclic) bond motifs is 1. The normalized spacial score (nSPS) is 12.6. The van der Waals surface area contributed by atoms with Gasteiger partial charge >= 0.3 is 6.09 Å². The summed E-state index contributed by atoms with van der Waals surface area (Å²) in [5, 5.41) is 2.69. The molecule has 21 heavy (non-hydrogen) atoms. The van der Waals surface area contributed by atoms with E-state index in [9.17, 15) is 4.79 Å². The fourth-order valence-electron chi connectivity index (χ4n) is 2.43. The van der Waals surface area contributed by atoms with Gasteiger partial charge in [0.2, 0.25) is 5.88 Å². The van der Waals surface area contributed by atoms with E-state index >= 15 is 0 Å². The summed E-state index contributed by atoms with van der Waals surface area (Å²) in [7, 11) is 1.54. The molecule has 1 aliphatic carbocycles. The molecule has 1 heterocycles. The molecular weight excluding hydrogens is 268 g/mol. The molecule has 3 rings (SSSR count). The molecule has 5 nitrogen and oxygen atoms in total. The third kappa shape index (κ3) is 2.97. The van der Waals surface area contributed by atoms with Crippen molar-refractivity contribution in [2.24, 2.45) is 0 Å². The fraction of sp³-hybridized carbons (Fsp3) is 0.250. The Morgan fingerprint density at radius 1 is 1.24 bits per heavy atom. The Labute approximate surface area is 122 Å². The van der Waals surface area contributed by atoms with Crippen LogP contribution in [0.25, 0.3) is 0 Å². The van der Waals surface area contributed by atoms with Crippen LogP contribution in [-0.2, 0) is 12.8 Å². The molecule has 0 bridgehead atoms. The van der Waals surface area contributed by atoms with Gasteiger partial charge in [-0.15, -0.1) is 0 Å². The molecule has 1 aromatic carbocycles. The first-order valence-electron chi connectivity index (χ1n) is 6.87. The lowest BCUT2D eigenvalue weighted by Crippen LogP contribution is -2.17. The van der Waals surface area contributed by atoms with E-state index in [1.54, 1.807) is 24.3 Å². The molecule has 0 spiro atoms. The van der Waals surface area contributed by atoms with Gasteiger partial charge in [0.15, 0.2) is 0 Å². The van der Waals surface area contributed by atoms with E-state index in [0.717, 1.165) is 30.5 Å². The zero-order valence-electron chi connectivity index (χ0n) is 11.8. The van der Waals surface area contributed by atoms with Crippen LogP contribution < -0.4 is 14.8 Å². The molecule has 0 saturated heterocycles. The van der Waals surface area contributed by atoms with Gasteiger partial charge < -0.3 is 9.47 Å². The summed E-state index contributed by atoms with van der Waals surface area (Å²) in [6.07, 6.45) is 2.47. The minimum atomic E-state index is -0.556. The fourth-order valence-corrected chi connectivity index (χ4v) is 2.43. The number of anilines is 1. The number of methoxy groups -OCH3 is 1. The van der Waals surface area contributed by atoms with Gasteiger partial charge in [0, 0.05) is 5.69 Å². The zero-order chi connectivity index (χ0) is 14.7. The van der Waals surface area contributed by atoms with E-state index in [0.29, 0.717) is 17.3 Å². The van der Waals surface area contributed by atoms with Crippen molar-refractivity contribution >= 4 is 11.8 Å². The molecule has 2 aromatic rings.